The molecule has 3 rings (SSSR count). The van der Waals surface area contributed by atoms with Crippen molar-refractivity contribution in [2.24, 2.45) is 11.8 Å². The van der Waals surface area contributed by atoms with Gasteiger partial charge in [-0.25, -0.2) is 0 Å². The van der Waals surface area contributed by atoms with Crippen LogP contribution in [0.15, 0.2) is 78.9 Å². The minimum Gasteiger partial charge on any atom is -0.326 e. The molecule has 0 bridgehead atoms. The molecular weight excluding hydrogens is 366 g/mol. The highest BCUT2D eigenvalue weighted by Gasteiger charge is 2.16. The van der Waals surface area contributed by atoms with Crippen molar-refractivity contribution < 1.29 is 4.79 Å². The van der Waals surface area contributed by atoms with Gasteiger partial charge in [-0.15, -0.1) is 0 Å². The molecule has 0 heterocycles. The molecule has 154 valence electrons. The van der Waals surface area contributed by atoms with Gasteiger partial charge in [0.15, 0.2) is 0 Å². The number of anilines is 1. The van der Waals surface area contributed by atoms with Gasteiger partial charge in [0.1, 0.15) is 0 Å². The minimum atomic E-state index is -0.117. The standard InChI is InChI=1S/C28H31NO/c1-20(2)16-17-23-12-8-13-25(22(23)4)18-21(3)28(30)29-27-15-9-14-26(19-27)24-10-6-5-7-11-24/h5-17,19-21H,18H2,1-4H3,(H,29,30)/b17-16+. The van der Waals surface area contributed by atoms with E-state index < -0.39 is 0 Å². The Morgan fingerprint density at radius 1 is 0.900 bits per heavy atom. The summed E-state index contributed by atoms with van der Waals surface area (Å²) in [4.78, 5) is 12.9. The van der Waals surface area contributed by atoms with Crippen molar-refractivity contribution in [1.82, 2.24) is 0 Å². The minimum absolute atomic E-state index is 0.0442. The molecule has 0 aliphatic rings. The van der Waals surface area contributed by atoms with Crippen molar-refractivity contribution in [2.75, 3.05) is 5.32 Å². The Hall–Kier alpha value is -3.13. The van der Waals surface area contributed by atoms with Gasteiger partial charge in [-0.2, -0.15) is 0 Å². The number of rotatable bonds is 7. The molecule has 0 aromatic heterocycles. The summed E-state index contributed by atoms with van der Waals surface area (Å²) in [6, 6.07) is 24.6. The average Bonchev–Trinajstić information content (AvgIpc) is 2.75. The van der Waals surface area contributed by atoms with E-state index in [9.17, 15) is 4.79 Å². The first-order valence-electron chi connectivity index (χ1n) is 10.7. The predicted molar refractivity (Wildman–Crippen MR) is 128 cm³/mol. The Balaban J connectivity index is 1.69. The van der Waals surface area contributed by atoms with Gasteiger partial charge >= 0.3 is 0 Å². The van der Waals surface area contributed by atoms with E-state index in [1.807, 2.05) is 43.3 Å². The van der Waals surface area contributed by atoms with Crippen LogP contribution in [0.25, 0.3) is 17.2 Å². The number of carbonyl (C=O) groups is 1. The van der Waals surface area contributed by atoms with Crippen molar-refractivity contribution in [3.8, 4) is 11.1 Å². The summed E-state index contributed by atoms with van der Waals surface area (Å²) in [5.74, 6) is 0.445. The number of allylic oxidation sites excluding steroid dienone is 1. The highest BCUT2D eigenvalue weighted by molar-refractivity contribution is 5.93. The smallest absolute Gasteiger partial charge is 0.227 e. The van der Waals surface area contributed by atoms with Crippen molar-refractivity contribution in [2.45, 2.75) is 34.1 Å². The molecule has 0 aliphatic heterocycles. The maximum absolute atomic E-state index is 12.9. The van der Waals surface area contributed by atoms with Crippen LogP contribution in [0.1, 0.15) is 37.5 Å². The average molecular weight is 398 g/mol. The Kier molecular flexibility index (Phi) is 7.24. The monoisotopic (exact) mass is 397 g/mol. The largest absolute Gasteiger partial charge is 0.326 e. The normalized spacial score (nSPS) is 12.3. The maximum Gasteiger partial charge on any atom is 0.227 e. The van der Waals surface area contributed by atoms with Crippen molar-refractivity contribution in [3.63, 3.8) is 0 Å². The Morgan fingerprint density at radius 2 is 1.60 bits per heavy atom. The van der Waals surface area contributed by atoms with Gasteiger partial charge in [0, 0.05) is 11.6 Å². The number of nitrogens with one attached hydrogen (secondary N) is 1. The maximum atomic E-state index is 12.9. The number of carbonyl (C=O) groups excluding carboxylic acids is 1. The summed E-state index contributed by atoms with van der Waals surface area (Å²) in [7, 11) is 0. The van der Waals surface area contributed by atoms with Gasteiger partial charge in [0.25, 0.3) is 0 Å². The first-order chi connectivity index (χ1) is 14.4. The van der Waals surface area contributed by atoms with Crippen molar-refractivity contribution in [3.05, 3.63) is 95.6 Å². The lowest BCUT2D eigenvalue weighted by atomic mass is 9.93. The van der Waals surface area contributed by atoms with Crippen LogP contribution in [0.2, 0.25) is 0 Å². The number of amides is 1. The molecule has 30 heavy (non-hydrogen) atoms. The summed E-state index contributed by atoms with van der Waals surface area (Å²) < 4.78 is 0. The van der Waals surface area contributed by atoms with Crippen molar-refractivity contribution in [1.29, 1.82) is 0 Å². The molecular formula is C28H31NO. The number of hydrogen-bond donors (Lipinski definition) is 1. The quantitative estimate of drug-likeness (QED) is 0.451. The van der Waals surface area contributed by atoms with E-state index in [-0.39, 0.29) is 11.8 Å². The molecule has 1 N–H and O–H groups in total. The number of hydrogen-bond acceptors (Lipinski definition) is 1. The second-order valence-corrected chi connectivity index (χ2v) is 8.28. The molecule has 1 amide bonds. The molecule has 1 unspecified atom stereocenters. The Labute approximate surface area is 180 Å². The van der Waals surface area contributed by atoms with E-state index in [0.717, 1.165) is 23.2 Å². The molecule has 2 heteroatoms. The molecule has 0 fully saturated rings. The first kappa shape index (κ1) is 21.6. The molecule has 0 radical (unpaired) electrons. The zero-order chi connectivity index (χ0) is 21.5. The Bertz CT molecular complexity index is 1020. The van der Waals surface area contributed by atoms with Crippen LogP contribution in [-0.4, -0.2) is 5.91 Å². The second-order valence-electron chi connectivity index (χ2n) is 8.28. The van der Waals surface area contributed by atoms with Crippen LogP contribution >= 0.6 is 0 Å². The van der Waals surface area contributed by atoms with E-state index in [0.29, 0.717) is 5.92 Å². The fourth-order valence-corrected chi connectivity index (χ4v) is 3.50. The summed E-state index contributed by atoms with van der Waals surface area (Å²) in [6.07, 6.45) is 5.12. The third-order valence-corrected chi connectivity index (χ3v) is 5.36. The van der Waals surface area contributed by atoms with Gasteiger partial charge < -0.3 is 5.32 Å². The highest BCUT2D eigenvalue weighted by Crippen LogP contribution is 2.24. The molecule has 0 spiro atoms. The van der Waals surface area contributed by atoms with E-state index in [4.69, 9.17) is 0 Å². The third-order valence-electron chi connectivity index (χ3n) is 5.36. The summed E-state index contributed by atoms with van der Waals surface area (Å²) in [5.41, 5.74) is 6.77. The predicted octanol–water partition coefficient (Wildman–Crippen LogP) is 7.15. The number of benzene rings is 3. The fourth-order valence-electron chi connectivity index (χ4n) is 3.50. The fraction of sp³-hybridized carbons (Fsp3) is 0.250. The van der Waals surface area contributed by atoms with Gasteiger partial charge in [-0.3, -0.25) is 4.79 Å². The third kappa shape index (κ3) is 5.70. The molecule has 0 saturated carbocycles. The van der Waals surface area contributed by atoms with Gasteiger partial charge in [0.2, 0.25) is 5.91 Å². The zero-order valence-corrected chi connectivity index (χ0v) is 18.4. The van der Waals surface area contributed by atoms with Gasteiger partial charge in [0.05, 0.1) is 0 Å². The molecule has 0 aliphatic carbocycles. The van der Waals surface area contributed by atoms with E-state index >= 15 is 0 Å². The van der Waals surface area contributed by atoms with Crippen LogP contribution in [-0.2, 0) is 11.2 Å². The summed E-state index contributed by atoms with van der Waals surface area (Å²) in [6.45, 7) is 8.49. The van der Waals surface area contributed by atoms with E-state index in [1.165, 1.54) is 16.7 Å². The highest BCUT2D eigenvalue weighted by atomic mass is 16.1. The summed E-state index contributed by atoms with van der Waals surface area (Å²) >= 11 is 0. The molecule has 3 aromatic carbocycles. The van der Waals surface area contributed by atoms with Gasteiger partial charge in [-0.1, -0.05) is 93.6 Å². The first-order valence-corrected chi connectivity index (χ1v) is 10.7. The van der Waals surface area contributed by atoms with Crippen LogP contribution in [0.4, 0.5) is 5.69 Å². The topological polar surface area (TPSA) is 29.1 Å². The van der Waals surface area contributed by atoms with E-state index in [1.54, 1.807) is 0 Å². The lowest BCUT2D eigenvalue weighted by Crippen LogP contribution is -2.22. The molecule has 0 saturated heterocycles. The van der Waals surface area contributed by atoms with Crippen LogP contribution in [0, 0.1) is 18.8 Å². The molecule has 3 aromatic rings. The second kappa shape index (κ2) is 10.1. The van der Waals surface area contributed by atoms with Crippen LogP contribution in [0.5, 0.6) is 0 Å². The van der Waals surface area contributed by atoms with Crippen LogP contribution < -0.4 is 5.32 Å². The molecule has 2 nitrogen and oxygen atoms in total. The van der Waals surface area contributed by atoms with Crippen LogP contribution in [0.3, 0.4) is 0 Å². The lowest BCUT2D eigenvalue weighted by Gasteiger charge is -2.15. The summed E-state index contributed by atoms with van der Waals surface area (Å²) in [5, 5.41) is 3.09. The molecule has 1 atom stereocenters. The van der Waals surface area contributed by atoms with E-state index in [2.05, 4.69) is 74.6 Å². The zero-order valence-electron chi connectivity index (χ0n) is 18.4. The van der Waals surface area contributed by atoms with Crippen molar-refractivity contribution >= 4 is 17.7 Å². The lowest BCUT2D eigenvalue weighted by molar-refractivity contribution is -0.119. The van der Waals surface area contributed by atoms with Gasteiger partial charge in [-0.05, 0) is 59.2 Å². The SMILES string of the molecule is Cc1c(/C=C/C(C)C)cccc1CC(C)C(=O)Nc1cccc(-c2ccccc2)c1. The Morgan fingerprint density at radius 3 is 2.33 bits per heavy atom.